The van der Waals surface area contributed by atoms with E-state index in [0.29, 0.717) is 22.3 Å². The summed E-state index contributed by atoms with van der Waals surface area (Å²) in [6.45, 7) is 2.39. The zero-order valence-electron chi connectivity index (χ0n) is 10.5. The maximum Gasteiger partial charge on any atom is 0.328 e. The van der Waals surface area contributed by atoms with Crippen molar-refractivity contribution in [3.05, 3.63) is 28.2 Å². The molecule has 0 aliphatic carbocycles. The molecule has 1 fully saturated rings. The van der Waals surface area contributed by atoms with Crippen LogP contribution in [0.1, 0.15) is 19.8 Å². The van der Waals surface area contributed by atoms with E-state index in [9.17, 15) is 9.59 Å². The second-order valence-electron chi connectivity index (χ2n) is 4.47. The van der Waals surface area contributed by atoms with Crippen molar-refractivity contribution in [2.24, 2.45) is 5.92 Å². The highest BCUT2D eigenvalue weighted by Crippen LogP contribution is 2.28. The molecule has 0 saturated carbocycles. The number of hydrogen-bond donors (Lipinski definition) is 1. The molecule has 19 heavy (non-hydrogen) atoms. The van der Waals surface area contributed by atoms with Gasteiger partial charge in [-0.1, -0.05) is 36.5 Å². The Morgan fingerprint density at radius 3 is 2.47 bits per heavy atom. The summed E-state index contributed by atoms with van der Waals surface area (Å²) >= 11 is 11.8. The van der Waals surface area contributed by atoms with Crippen LogP contribution in [0.5, 0.6) is 0 Å². The number of nitrogens with one attached hydrogen (secondary N) is 1. The molecule has 2 rings (SSSR count). The van der Waals surface area contributed by atoms with Crippen LogP contribution in [-0.4, -0.2) is 18.5 Å². The van der Waals surface area contributed by atoms with Crippen LogP contribution in [-0.2, 0) is 4.79 Å². The van der Waals surface area contributed by atoms with Crippen LogP contribution >= 0.6 is 23.2 Å². The molecule has 0 radical (unpaired) electrons. The number of benzene rings is 1. The van der Waals surface area contributed by atoms with E-state index in [-0.39, 0.29) is 11.8 Å². The number of carbonyl (C=O) groups excluding carboxylic acids is 2. The zero-order chi connectivity index (χ0) is 14.0. The van der Waals surface area contributed by atoms with E-state index in [1.54, 1.807) is 18.2 Å². The van der Waals surface area contributed by atoms with Crippen LogP contribution in [0.4, 0.5) is 10.5 Å². The quantitative estimate of drug-likeness (QED) is 0.929. The van der Waals surface area contributed by atoms with Crippen LogP contribution in [0, 0.1) is 5.92 Å². The largest absolute Gasteiger partial charge is 0.337 e. The fourth-order valence-corrected chi connectivity index (χ4v) is 2.66. The molecule has 102 valence electrons. The lowest BCUT2D eigenvalue weighted by molar-refractivity contribution is -0.122. The zero-order valence-corrected chi connectivity index (χ0v) is 12.0. The Labute approximate surface area is 121 Å². The number of halogens is 2. The maximum atomic E-state index is 12.3. The summed E-state index contributed by atoms with van der Waals surface area (Å²) in [4.78, 5) is 25.3. The molecule has 1 N–H and O–H groups in total. The van der Waals surface area contributed by atoms with Crippen molar-refractivity contribution in [2.75, 3.05) is 11.4 Å². The van der Waals surface area contributed by atoms with Gasteiger partial charge in [-0.3, -0.25) is 4.79 Å². The normalized spacial score (nSPS) is 19.5. The van der Waals surface area contributed by atoms with E-state index < -0.39 is 6.03 Å². The third-order valence-corrected chi connectivity index (χ3v) is 3.45. The molecule has 1 unspecified atom stereocenters. The first-order chi connectivity index (χ1) is 9.02. The minimum atomic E-state index is -0.435. The first-order valence-electron chi connectivity index (χ1n) is 6.10. The fourth-order valence-electron chi connectivity index (χ4n) is 2.15. The fraction of sp³-hybridized carbons (Fsp3) is 0.385. The van der Waals surface area contributed by atoms with Crippen LogP contribution in [0.3, 0.4) is 0 Å². The van der Waals surface area contributed by atoms with E-state index in [4.69, 9.17) is 23.2 Å². The first kappa shape index (κ1) is 14.2. The lowest BCUT2D eigenvalue weighted by atomic mass is 10.00. The second-order valence-corrected chi connectivity index (χ2v) is 5.35. The highest BCUT2D eigenvalue weighted by atomic mass is 35.5. The third-order valence-electron chi connectivity index (χ3n) is 3.02. The molecule has 1 heterocycles. The Balaban J connectivity index is 2.34. The molecule has 0 bridgehead atoms. The van der Waals surface area contributed by atoms with Gasteiger partial charge in [0.25, 0.3) is 0 Å². The van der Waals surface area contributed by atoms with E-state index in [1.165, 1.54) is 0 Å². The van der Waals surface area contributed by atoms with Crippen molar-refractivity contribution in [3.63, 3.8) is 0 Å². The number of amides is 3. The number of urea groups is 1. The minimum absolute atomic E-state index is 0.194. The van der Waals surface area contributed by atoms with Crippen molar-refractivity contribution in [3.8, 4) is 0 Å². The first-order valence-corrected chi connectivity index (χ1v) is 6.86. The molecule has 6 heteroatoms. The Hall–Kier alpha value is -1.26. The van der Waals surface area contributed by atoms with E-state index >= 15 is 0 Å². The predicted octanol–water partition coefficient (Wildman–Crippen LogP) is 3.47. The van der Waals surface area contributed by atoms with Crippen molar-refractivity contribution >= 4 is 40.8 Å². The number of hydrogen-bond acceptors (Lipinski definition) is 2. The van der Waals surface area contributed by atoms with Gasteiger partial charge in [-0.2, -0.15) is 0 Å². The van der Waals surface area contributed by atoms with Crippen LogP contribution in [0.25, 0.3) is 0 Å². The topological polar surface area (TPSA) is 49.4 Å². The third kappa shape index (κ3) is 3.01. The summed E-state index contributed by atoms with van der Waals surface area (Å²) in [7, 11) is 0. The molecular formula is C13H14Cl2N2O2. The van der Waals surface area contributed by atoms with Gasteiger partial charge < -0.3 is 5.32 Å². The highest BCUT2D eigenvalue weighted by Gasteiger charge is 2.34. The maximum absolute atomic E-state index is 12.3. The lowest BCUT2D eigenvalue weighted by Crippen LogP contribution is -2.55. The minimum Gasteiger partial charge on any atom is -0.337 e. The smallest absolute Gasteiger partial charge is 0.328 e. The summed E-state index contributed by atoms with van der Waals surface area (Å²) in [6, 6.07) is 4.23. The van der Waals surface area contributed by atoms with Gasteiger partial charge in [-0.15, -0.1) is 0 Å². The summed E-state index contributed by atoms with van der Waals surface area (Å²) < 4.78 is 0. The molecule has 1 aliphatic heterocycles. The van der Waals surface area contributed by atoms with Gasteiger partial charge >= 0.3 is 6.03 Å². The molecule has 0 aromatic heterocycles. The van der Waals surface area contributed by atoms with Gasteiger partial charge in [0.05, 0.1) is 11.6 Å². The van der Waals surface area contributed by atoms with Crippen LogP contribution < -0.4 is 10.2 Å². The van der Waals surface area contributed by atoms with Crippen molar-refractivity contribution in [1.29, 1.82) is 0 Å². The van der Waals surface area contributed by atoms with Gasteiger partial charge in [-0.25, -0.2) is 9.69 Å². The van der Waals surface area contributed by atoms with Gasteiger partial charge in [0.15, 0.2) is 0 Å². The van der Waals surface area contributed by atoms with Gasteiger partial charge in [-0.05, 0) is 24.6 Å². The van der Waals surface area contributed by atoms with Crippen molar-refractivity contribution in [1.82, 2.24) is 5.32 Å². The number of anilines is 1. The molecular weight excluding hydrogens is 287 g/mol. The summed E-state index contributed by atoms with van der Waals surface area (Å²) in [5.41, 5.74) is 0.404. The molecule has 1 aliphatic rings. The van der Waals surface area contributed by atoms with E-state index in [2.05, 4.69) is 5.32 Å². The SMILES string of the molecule is CCCC1CNC(=O)N(c2cc(Cl)cc(Cl)c2)C1=O. The second kappa shape index (κ2) is 5.80. The predicted molar refractivity (Wildman–Crippen MR) is 75.7 cm³/mol. The molecule has 3 amide bonds. The highest BCUT2D eigenvalue weighted by molar-refractivity contribution is 6.35. The molecule has 1 atom stereocenters. The summed E-state index contributed by atoms with van der Waals surface area (Å²) in [5, 5.41) is 3.49. The van der Waals surface area contributed by atoms with Gasteiger partial charge in [0.1, 0.15) is 0 Å². The lowest BCUT2D eigenvalue weighted by Gasteiger charge is -2.31. The van der Waals surface area contributed by atoms with Crippen LogP contribution in [0.2, 0.25) is 10.0 Å². The van der Waals surface area contributed by atoms with E-state index in [1.807, 2.05) is 6.92 Å². The Morgan fingerprint density at radius 1 is 1.26 bits per heavy atom. The Bertz CT molecular complexity index is 499. The standard InChI is InChI=1S/C13H14Cl2N2O2/c1-2-3-8-7-16-13(19)17(12(8)18)11-5-9(14)4-10(15)6-11/h4-6,8H,2-3,7H2,1H3,(H,16,19). The molecule has 1 aromatic carbocycles. The summed E-state index contributed by atoms with van der Waals surface area (Å²) in [5.74, 6) is -0.399. The number of carbonyl (C=O) groups is 2. The molecule has 4 nitrogen and oxygen atoms in total. The Kier molecular flexibility index (Phi) is 4.32. The Morgan fingerprint density at radius 2 is 1.89 bits per heavy atom. The summed E-state index contributed by atoms with van der Waals surface area (Å²) in [6.07, 6.45) is 1.63. The van der Waals surface area contributed by atoms with Gasteiger partial charge in [0.2, 0.25) is 5.91 Å². The van der Waals surface area contributed by atoms with Crippen LogP contribution in [0.15, 0.2) is 18.2 Å². The average Bonchev–Trinajstić information content (AvgIpc) is 2.32. The number of imide groups is 1. The number of rotatable bonds is 3. The molecule has 1 saturated heterocycles. The number of nitrogens with zero attached hydrogens (tertiary/aromatic N) is 1. The molecule has 0 spiro atoms. The molecule has 1 aromatic rings. The monoisotopic (exact) mass is 300 g/mol. The van der Waals surface area contributed by atoms with Crippen molar-refractivity contribution in [2.45, 2.75) is 19.8 Å². The van der Waals surface area contributed by atoms with E-state index in [0.717, 1.165) is 17.7 Å². The van der Waals surface area contributed by atoms with Gasteiger partial charge in [0, 0.05) is 16.6 Å². The average molecular weight is 301 g/mol. The van der Waals surface area contributed by atoms with Crippen molar-refractivity contribution < 1.29 is 9.59 Å².